The van der Waals surface area contributed by atoms with Gasteiger partial charge in [0.05, 0.1) is 0 Å². The van der Waals surface area contributed by atoms with E-state index < -0.39 is 0 Å². The van der Waals surface area contributed by atoms with Crippen LogP contribution in [-0.2, 0) is 0 Å². The minimum Gasteiger partial charge on any atom is -0.456 e. The van der Waals surface area contributed by atoms with E-state index in [2.05, 4.69) is 42.6 Å². The number of nitrogens with one attached hydrogen (secondary N) is 1. The number of anilines is 1. The van der Waals surface area contributed by atoms with Crippen molar-refractivity contribution in [3.05, 3.63) is 42.5 Å². The Morgan fingerprint density at radius 2 is 1.73 bits per heavy atom. The Hall–Kier alpha value is -1.96. The molecule has 0 radical (unpaired) electrons. The number of para-hydroxylation sites is 1. The molecule has 1 fully saturated rings. The quantitative estimate of drug-likeness (QED) is 0.644. The summed E-state index contributed by atoms with van der Waals surface area (Å²) < 4.78 is 5.90. The molecule has 0 spiro atoms. The van der Waals surface area contributed by atoms with Crippen LogP contribution in [-0.4, -0.2) is 6.04 Å². The van der Waals surface area contributed by atoms with Gasteiger partial charge in [-0.3, -0.25) is 0 Å². The average Bonchev–Trinajstić information content (AvgIpc) is 2.94. The van der Waals surface area contributed by atoms with Gasteiger partial charge in [0.25, 0.3) is 0 Å². The normalized spacial score (nSPS) is 17.9. The molecule has 1 N–H and O–H groups in total. The van der Waals surface area contributed by atoms with Crippen LogP contribution in [0.2, 0.25) is 0 Å². The van der Waals surface area contributed by atoms with Crippen molar-refractivity contribution in [1.82, 2.24) is 0 Å². The van der Waals surface area contributed by atoms with Crippen LogP contribution < -0.4 is 5.32 Å². The zero-order valence-electron chi connectivity index (χ0n) is 13.1. The van der Waals surface area contributed by atoms with Gasteiger partial charge in [-0.25, -0.2) is 0 Å². The number of benzene rings is 2. The Kier molecular flexibility index (Phi) is 3.53. The fourth-order valence-corrected chi connectivity index (χ4v) is 3.83. The van der Waals surface area contributed by atoms with Crippen molar-refractivity contribution in [1.29, 1.82) is 0 Å². The predicted molar refractivity (Wildman–Crippen MR) is 93.4 cm³/mol. The molecule has 114 valence electrons. The molecule has 1 heterocycles. The molecule has 2 nitrogen and oxygen atoms in total. The Balaban J connectivity index is 1.62. The zero-order valence-corrected chi connectivity index (χ0v) is 13.1. The first-order valence-electron chi connectivity index (χ1n) is 8.49. The largest absolute Gasteiger partial charge is 0.456 e. The summed E-state index contributed by atoms with van der Waals surface area (Å²) in [6.07, 6.45) is 6.93. The van der Waals surface area contributed by atoms with Gasteiger partial charge in [0.2, 0.25) is 0 Å². The summed E-state index contributed by atoms with van der Waals surface area (Å²) >= 11 is 0. The smallest absolute Gasteiger partial charge is 0.135 e. The van der Waals surface area contributed by atoms with E-state index >= 15 is 0 Å². The standard InChI is InChI=1S/C20H23NO/c1-14(15-7-3-2-4-8-15)21-16-11-12-20-18(13-16)17-9-5-6-10-19(17)22-20/h5-6,9-15,21H,2-4,7-8H2,1H3. The van der Waals surface area contributed by atoms with Crippen LogP contribution in [0.1, 0.15) is 39.0 Å². The van der Waals surface area contributed by atoms with Crippen LogP contribution in [0, 0.1) is 5.92 Å². The number of hydrogen-bond acceptors (Lipinski definition) is 2. The fourth-order valence-electron chi connectivity index (χ4n) is 3.83. The average molecular weight is 293 g/mol. The molecule has 2 aromatic carbocycles. The molecule has 0 aliphatic heterocycles. The molecular formula is C20H23NO. The van der Waals surface area contributed by atoms with E-state index in [1.54, 1.807) is 0 Å². The van der Waals surface area contributed by atoms with Crippen molar-refractivity contribution >= 4 is 27.6 Å². The molecule has 1 aliphatic carbocycles. The highest BCUT2D eigenvalue weighted by molar-refractivity contribution is 6.05. The number of furan rings is 1. The summed E-state index contributed by atoms with van der Waals surface area (Å²) in [4.78, 5) is 0. The second kappa shape index (κ2) is 5.68. The maximum Gasteiger partial charge on any atom is 0.135 e. The second-order valence-electron chi connectivity index (χ2n) is 6.64. The summed E-state index contributed by atoms with van der Waals surface area (Å²) in [6, 6.07) is 15.3. The van der Waals surface area contributed by atoms with Gasteiger partial charge in [0, 0.05) is 22.5 Å². The predicted octanol–water partition coefficient (Wildman–Crippen LogP) is 5.97. The lowest BCUT2D eigenvalue weighted by atomic mass is 9.84. The van der Waals surface area contributed by atoms with E-state index in [0.29, 0.717) is 6.04 Å². The van der Waals surface area contributed by atoms with Gasteiger partial charge in [0.15, 0.2) is 0 Å². The highest BCUT2D eigenvalue weighted by atomic mass is 16.3. The minimum atomic E-state index is 0.538. The summed E-state index contributed by atoms with van der Waals surface area (Å²) in [7, 11) is 0. The van der Waals surface area contributed by atoms with Crippen LogP contribution in [0.3, 0.4) is 0 Å². The van der Waals surface area contributed by atoms with E-state index in [-0.39, 0.29) is 0 Å². The zero-order chi connectivity index (χ0) is 14.9. The molecule has 1 aliphatic rings. The van der Waals surface area contributed by atoms with Gasteiger partial charge in [0.1, 0.15) is 11.2 Å². The molecule has 22 heavy (non-hydrogen) atoms. The topological polar surface area (TPSA) is 25.2 Å². The summed E-state index contributed by atoms with van der Waals surface area (Å²) in [5, 5.41) is 6.12. The molecule has 4 rings (SSSR count). The molecule has 0 saturated heterocycles. The van der Waals surface area contributed by atoms with Gasteiger partial charge in [-0.1, -0.05) is 37.5 Å². The van der Waals surface area contributed by atoms with Crippen LogP contribution in [0.5, 0.6) is 0 Å². The van der Waals surface area contributed by atoms with E-state index in [9.17, 15) is 0 Å². The maximum atomic E-state index is 5.90. The van der Waals surface area contributed by atoms with Crippen molar-refractivity contribution in [3.8, 4) is 0 Å². The number of hydrogen-bond donors (Lipinski definition) is 1. The van der Waals surface area contributed by atoms with Gasteiger partial charge in [-0.15, -0.1) is 0 Å². The lowest BCUT2D eigenvalue weighted by molar-refractivity contribution is 0.328. The molecule has 0 bridgehead atoms. The SMILES string of the molecule is CC(Nc1ccc2oc3ccccc3c2c1)C1CCCCC1. The van der Waals surface area contributed by atoms with Crippen LogP contribution in [0.25, 0.3) is 21.9 Å². The third-order valence-corrected chi connectivity index (χ3v) is 5.13. The van der Waals surface area contributed by atoms with Gasteiger partial charge in [-0.05, 0) is 49.9 Å². The van der Waals surface area contributed by atoms with Gasteiger partial charge in [-0.2, -0.15) is 0 Å². The highest BCUT2D eigenvalue weighted by Crippen LogP contribution is 2.32. The number of rotatable bonds is 3. The van der Waals surface area contributed by atoms with Crippen molar-refractivity contribution in [2.24, 2.45) is 5.92 Å². The molecule has 1 unspecified atom stereocenters. The van der Waals surface area contributed by atoms with E-state index in [1.165, 1.54) is 48.6 Å². The van der Waals surface area contributed by atoms with Gasteiger partial charge < -0.3 is 9.73 Å². The van der Waals surface area contributed by atoms with Crippen LogP contribution in [0.4, 0.5) is 5.69 Å². The minimum absolute atomic E-state index is 0.538. The Bertz CT molecular complexity index is 783. The fraction of sp³-hybridized carbons (Fsp3) is 0.400. The first kappa shape index (κ1) is 13.7. The Labute approximate surface area is 131 Å². The van der Waals surface area contributed by atoms with E-state index in [1.807, 2.05) is 12.1 Å². The second-order valence-corrected chi connectivity index (χ2v) is 6.64. The Morgan fingerprint density at radius 1 is 0.955 bits per heavy atom. The molecule has 1 atom stereocenters. The molecule has 2 heteroatoms. The lowest BCUT2D eigenvalue weighted by Crippen LogP contribution is -2.27. The summed E-state index contributed by atoms with van der Waals surface area (Å²) in [5.41, 5.74) is 3.14. The van der Waals surface area contributed by atoms with Crippen molar-refractivity contribution in [2.75, 3.05) is 5.32 Å². The van der Waals surface area contributed by atoms with Crippen LogP contribution >= 0.6 is 0 Å². The molecule has 0 amide bonds. The first-order chi connectivity index (χ1) is 10.8. The first-order valence-corrected chi connectivity index (χ1v) is 8.49. The summed E-state index contributed by atoms with van der Waals surface area (Å²) in [6.45, 7) is 2.33. The Morgan fingerprint density at radius 3 is 2.59 bits per heavy atom. The van der Waals surface area contributed by atoms with Crippen molar-refractivity contribution < 1.29 is 4.42 Å². The van der Waals surface area contributed by atoms with E-state index in [0.717, 1.165) is 17.1 Å². The lowest BCUT2D eigenvalue weighted by Gasteiger charge is -2.29. The number of fused-ring (bicyclic) bond motifs is 3. The van der Waals surface area contributed by atoms with Gasteiger partial charge >= 0.3 is 0 Å². The molecule has 3 aromatic rings. The third-order valence-electron chi connectivity index (χ3n) is 5.13. The molecule has 1 aromatic heterocycles. The summed E-state index contributed by atoms with van der Waals surface area (Å²) in [5.74, 6) is 0.811. The maximum absolute atomic E-state index is 5.90. The molecule has 1 saturated carbocycles. The molecular weight excluding hydrogens is 270 g/mol. The highest BCUT2D eigenvalue weighted by Gasteiger charge is 2.20. The monoisotopic (exact) mass is 293 g/mol. The van der Waals surface area contributed by atoms with Crippen molar-refractivity contribution in [3.63, 3.8) is 0 Å². The third kappa shape index (κ3) is 2.47. The van der Waals surface area contributed by atoms with E-state index in [4.69, 9.17) is 4.42 Å². The van der Waals surface area contributed by atoms with Crippen LogP contribution in [0.15, 0.2) is 46.9 Å². The van der Waals surface area contributed by atoms with Crippen molar-refractivity contribution in [2.45, 2.75) is 45.1 Å².